The molecule has 0 spiro atoms. The lowest BCUT2D eigenvalue weighted by atomic mass is 9.97. The number of aliphatic hydroxyl groups is 2. The van der Waals surface area contributed by atoms with Gasteiger partial charge in [-0.3, -0.25) is 112 Å². The maximum atomic E-state index is 14.7. The molecule has 0 saturated heterocycles. The first-order valence-electron chi connectivity index (χ1n) is 45.6. The van der Waals surface area contributed by atoms with Gasteiger partial charge in [0.05, 0.1) is 31.7 Å². The highest BCUT2D eigenvalue weighted by molar-refractivity contribution is 6.02. The summed E-state index contributed by atoms with van der Waals surface area (Å²) in [5.74, 6) is -24.4. The van der Waals surface area contributed by atoms with Gasteiger partial charge in [0.1, 0.15) is 90.6 Å². The third-order valence-corrected chi connectivity index (χ3v) is 21.3. The van der Waals surface area contributed by atoms with E-state index in [2.05, 4.69) is 101 Å². The van der Waals surface area contributed by atoms with Crippen LogP contribution in [0.4, 0.5) is 0 Å². The molecule has 19 amide bonds. The van der Waals surface area contributed by atoms with E-state index in [1.165, 1.54) is 13.8 Å². The molecule has 2 aromatic carbocycles. The predicted molar refractivity (Wildman–Crippen MR) is 502 cm³/mol. The molecule has 35 N–H and O–H groups in total. The zero-order chi connectivity index (χ0) is 105. The minimum absolute atomic E-state index is 0.0488. The third kappa shape index (κ3) is 48.4. The van der Waals surface area contributed by atoms with Crippen molar-refractivity contribution in [2.45, 2.75) is 288 Å². The summed E-state index contributed by atoms with van der Waals surface area (Å²) in [6, 6.07) is -7.10. The van der Waals surface area contributed by atoms with Gasteiger partial charge in [0.2, 0.25) is 112 Å². The second kappa shape index (κ2) is 63.2. The van der Waals surface area contributed by atoms with E-state index in [4.69, 9.17) is 39.5 Å². The van der Waals surface area contributed by atoms with E-state index in [1.807, 2.05) is 0 Å². The summed E-state index contributed by atoms with van der Waals surface area (Å²) in [4.78, 5) is 285. The Morgan fingerprint density at radius 3 is 1.05 bits per heavy atom. The lowest BCUT2D eigenvalue weighted by Crippen LogP contribution is -2.62. The molecule has 2 aromatic rings. The molecule has 0 aliphatic heterocycles. The molecule has 0 aliphatic rings. The minimum Gasteiger partial charge on any atom is -0.481 e. The quantitative estimate of drug-likeness (QED) is 0.0166. The summed E-state index contributed by atoms with van der Waals surface area (Å²) in [7, 11) is 0. The third-order valence-electron chi connectivity index (χ3n) is 21.3. The highest BCUT2D eigenvalue weighted by atomic mass is 16.4. The second-order valence-corrected chi connectivity index (χ2v) is 34.5. The average Bonchev–Trinajstić information content (AvgIpc) is 0.855. The van der Waals surface area contributed by atoms with Crippen molar-refractivity contribution in [3.63, 3.8) is 0 Å². The Balaban J connectivity index is 2.39. The number of primary amides is 2. The van der Waals surface area contributed by atoms with Gasteiger partial charge in [0, 0.05) is 45.7 Å². The smallest absolute Gasteiger partial charge is 0.303 e. The number of carbonyl (C=O) groups is 21. The number of nitrogens with two attached hydrogens (primary N) is 5. The molecule has 0 heterocycles. The number of carboxylic acid groups (broad SMARTS) is 2. The van der Waals surface area contributed by atoms with E-state index < -0.39 is 284 Å². The largest absolute Gasteiger partial charge is 0.481 e. The van der Waals surface area contributed by atoms with Crippen molar-refractivity contribution in [3.8, 4) is 0 Å². The van der Waals surface area contributed by atoms with Crippen LogP contribution in [0, 0.1) is 28.6 Å². The first-order chi connectivity index (χ1) is 65.3. The normalized spacial score (nSPS) is 14.9. The van der Waals surface area contributed by atoms with E-state index in [0.717, 1.165) is 20.8 Å². The van der Waals surface area contributed by atoms with Crippen LogP contribution in [0.25, 0.3) is 0 Å². The molecule has 0 aliphatic carbocycles. The van der Waals surface area contributed by atoms with E-state index in [1.54, 1.807) is 102 Å². The molecule has 18 atom stereocenters. The fourth-order valence-electron chi connectivity index (χ4n) is 13.7. The van der Waals surface area contributed by atoms with Crippen molar-refractivity contribution in [1.82, 2.24) is 101 Å². The Morgan fingerprint density at radius 2 is 0.662 bits per heavy atom. The number of hydrogen-bond acceptors (Lipinski definition) is 26. The van der Waals surface area contributed by atoms with E-state index in [0.29, 0.717) is 11.1 Å². The second-order valence-electron chi connectivity index (χ2n) is 34.5. The van der Waals surface area contributed by atoms with E-state index >= 15 is 0 Å². The molecular formula is C88H142N26O25. The van der Waals surface area contributed by atoms with Crippen molar-refractivity contribution in [3.05, 3.63) is 71.8 Å². The fourth-order valence-corrected chi connectivity index (χ4v) is 13.7. The Bertz CT molecular complexity index is 4510. The van der Waals surface area contributed by atoms with Gasteiger partial charge in [-0.2, -0.15) is 0 Å². The van der Waals surface area contributed by atoms with Crippen LogP contribution >= 0.6 is 0 Å². The molecule has 0 unspecified atom stereocenters. The van der Waals surface area contributed by atoms with Gasteiger partial charge in [0.15, 0.2) is 11.9 Å². The van der Waals surface area contributed by atoms with Gasteiger partial charge in [-0.1, -0.05) is 109 Å². The molecule has 0 fully saturated rings. The van der Waals surface area contributed by atoms with Crippen LogP contribution < -0.4 is 130 Å². The molecular weight excluding hydrogens is 1820 g/mol. The molecule has 774 valence electrons. The summed E-state index contributed by atoms with van der Waals surface area (Å²) in [6.07, 6.45) is -7.01. The Kier molecular flexibility index (Phi) is 54.9. The van der Waals surface area contributed by atoms with Crippen LogP contribution in [-0.4, -0.2) is 292 Å². The molecule has 2 rings (SSSR count). The Labute approximate surface area is 804 Å². The minimum atomic E-state index is -1.97. The summed E-state index contributed by atoms with van der Waals surface area (Å²) in [5, 5.41) is 102. The van der Waals surface area contributed by atoms with Crippen molar-refractivity contribution >= 4 is 136 Å². The number of benzene rings is 2. The molecule has 0 radical (unpaired) electrons. The maximum absolute atomic E-state index is 14.7. The summed E-state index contributed by atoms with van der Waals surface area (Å²) in [6.45, 7) is 14.5. The van der Waals surface area contributed by atoms with Crippen molar-refractivity contribution in [2.24, 2.45) is 46.4 Å². The number of carboxylic acids is 2. The van der Waals surface area contributed by atoms with Crippen LogP contribution in [-0.2, 0) is 114 Å². The maximum Gasteiger partial charge on any atom is 0.303 e. The zero-order valence-corrected chi connectivity index (χ0v) is 80.1. The zero-order valence-electron chi connectivity index (χ0n) is 80.1. The number of hydrogen-bond donors (Lipinski definition) is 30. The van der Waals surface area contributed by atoms with Gasteiger partial charge in [0.25, 0.3) is 0 Å². The number of rotatable bonds is 66. The highest BCUT2D eigenvalue weighted by Gasteiger charge is 2.41. The fraction of sp³-hybridized carbons (Fsp3) is 0.602. The van der Waals surface area contributed by atoms with Gasteiger partial charge < -0.3 is 150 Å². The molecule has 51 nitrogen and oxygen atoms in total. The number of guanidine groups is 2. The van der Waals surface area contributed by atoms with Crippen molar-refractivity contribution in [2.75, 3.05) is 32.7 Å². The summed E-state index contributed by atoms with van der Waals surface area (Å²) < 4.78 is 0. The number of amides is 19. The number of unbranched alkanes of at least 4 members (excludes halogenated alkanes) is 1. The number of carbonyl (C=O) groups excluding carboxylic acids is 19. The molecule has 51 heteroatoms. The SMILES string of the molecule is CC[C@H](C)[C@H](NC(=O)CNC(=O)[C@H](Cc1ccccc1)NC(=O)[C@H](Cc1ccccc1)NC(=O)[C@H](CCCNC(=N)N)NC(=O)[C@H](CCCNC(=N)N)NC(C)=O)C(=O)N[C@@H](C)C(=O)N[C@@H](CC(C)C)C(=O)N[C@H](C(=O)N[C@@H](CC(N)=O)C(=O)N[C@@H](C)C(=O)N[C@@H](CC(C)C)C(=O)N[C@@H](CCCCN)C(=O)N[C@H](C(=O)N[C@@H](CCC(=O)O)C(=O)N[C@@H](CCC(=O)O)C(=O)NCC(N)=O)[C@@H](C)O)[C@@H](C)O. The van der Waals surface area contributed by atoms with Gasteiger partial charge in [-0.25, -0.2) is 0 Å². The molecule has 0 bridgehead atoms. The topological polar surface area (TPSA) is 846 Å². The Morgan fingerprint density at radius 1 is 0.338 bits per heavy atom. The van der Waals surface area contributed by atoms with Gasteiger partial charge in [-0.15, -0.1) is 0 Å². The molecule has 139 heavy (non-hydrogen) atoms. The van der Waals surface area contributed by atoms with E-state index in [-0.39, 0.29) is 115 Å². The highest BCUT2D eigenvalue weighted by Crippen LogP contribution is 2.17. The monoisotopic (exact) mass is 1960 g/mol. The molecule has 0 saturated carbocycles. The molecule has 0 aromatic heterocycles. The van der Waals surface area contributed by atoms with Crippen LogP contribution in [0.3, 0.4) is 0 Å². The van der Waals surface area contributed by atoms with Gasteiger partial charge in [-0.05, 0) is 134 Å². The number of nitrogens with one attached hydrogen (secondary N) is 21. The van der Waals surface area contributed by atoms with Crippen LogP contribution in [0.5, 0.6) is 0 Å². The van der Waals surface area contributed by atoms with Crippen molar-refractivity contribution in [1.29, 1.82) is 10.8 Å². The Hall–Kier alpha value is -14.3. The average molecular weight is 1960 g/mol. The van der Waals surface area contributed by atoms with Crippen LogP contribution in [0.15, 0.2) is 60.7 Å². The number of aliphatic carboxylic acids is 2. The standard InChI is InChI=1S/C88H142N26O25/c1-12-46(6)69(112-66(120)43-99-75(128)61(39-52-23-15-13-16-24-52)109-82(135)62(40-53-25-17-14-18-26-53)110-77(130)56(29-22-36-97-88(94)95)103-76(129)54(102-51(11)117)28-21-35-96-87(92)93)84(137)101-48(8)73(126)108-60(38-45(4)5)83(136)114-71(50(10)116)86(139)111-63(41-64(90)118)80(133)100-47(7)72(125)107-59(37-44(2)3)81(134)104-55(27-19-20-34-89)79(132)113-70(49(9)115)85(138)106-58(31-33-68(123)124)78(131)105-57(30-32-67(121)122)74(127)98-42-65(91)119/h13-18,23-26,44-50,54-63,69-71,115-116H,12,19-22,27-43,89H2,1-11H3,(H2,90,118)(H2,91,119)(H,98,127)(H,99,128)(H,100,133)(H,101,137)(H,102,117)(H,103,129)(H,104,134)(H,105,131)(H,106,138)(H,107,125)(H,108,126)(H,109,135)(H,110,130)(H,111,139)(H,112,120)(H,113,132)(H,114,136)(H,121,122)(H,123,124)(H4,92,93,96)(H4,94,95,97)/t46-,47-,48-,49+,50+,54-,55-,56-,57-,58-,59-,60-,61-,62-,63-,69-,70-,71-/m0/s1. The lowest BCUT2D eigenvalue weighted by molar-refractivity contribution is -0.140. The van der Waals surface area contributed by atoms with Crippen LogP contribution in [0.1, 0.15) is 184 Å². The number of aliphatic hydroxyl groups excluding tert-OH is 2. The van der Waals surface area contributed by atoms with E-state index in [9.17, 15) is 121 Å². The lowest BCUT2D eigenvalue weighted by Gasteiger charge is -2.29. The summed E-state index contributed by atoms with van der Waals surface area (Å²) in [5.41, 5.74) is 28.4. The first-order valence-corrected chi connectivity index (χ1v) is 45.6. The summed E-state index contributed by atoms with van der Waals surface area (Å²) >= 11 is 0. The van der Waals surface area contributed by atoms with Gasteiger partial charge >= 0.3 is 11.9 Å². The predicted octanol–water partition coefficient (Wildman–Crippen LogP) is -8.32. The van der Waals surface area contributed by atoms with Crippen LogP contribution in [0.2, 0.25) is 0 Å². The van der Waals surface area contributed by atoms with Crippen molar-refractivity contribution < 1.29 is 121 Å². The first kappa shape index (κ1) is 121.